The Bertz CT molecular complexity index is 620. The van der Waals surface area contributed by atoms with Crippen molar-refractivity contribution in [2.75, 3.05) is 0 Å². The first-order valence-corrected chi connectivity index (χ1v) is 5.43. The van der Waals surface area contributed by atoms with Crippen LogP contribution in [0.1, 0.15) is 12.7 Å². The number of rotatable bonds is 0. The van der Waals surface area contributed by atoms with Gasteiger partial charge in [0.2, 0.25) is 17.0 Å². The van der Waals surface area contributed by atoms with E-state index in [0.29, 0.717) is 11.5 Å². The van der Waals surface area contributed by atoms with Crippen molar-refractivity contribution in [1.82, 2.24) is 0 Å². The quantitative estimate of drug-likeness (QED) is 0.569. The molecule has 0 unspecified atom stereocenters. The molecule has 0 aromatic carbocycles. The Labute approximate surface area is 108 Å². The Morgan fingerprint density at radius 2 is 2.16 bits per heavy atom. The largest absolute Gasteiger partial charge is 0.502 e. The van der Waals surface area contributed by atoms with Crippen molar-refractivity contribution < 1.29 is 23.4 Å². The lowest BCUT2D eigenvalue weighted by Crippen LogP contribution is -2.04. The normalized spacial score (nSPS) is 15.4. The first kappa shape index (κ1) is 12.8. The van der Waals surface area contributed by atoms with Gasteiger partial charge in [0.25, 0.3) is 0 Å². The SMILES string of the molecule is CC1=C2O[CH-][O+]=C2C=CO1.Cc1occc(=O)c1O. The molecule has 3 heterocycles. The Morgan fingerprint density at radius 1 is 1.37 bits per heavy atom. The van der Waals surface area contributed by atoms with Crippen LogP contribution in [0.2, 0.25) is 0 Å². The molecule has 1 aromatic rings. The molecular formula is C13H12O6. The zero-order valence-corrected chi connectivity index (χ0v) is 10.4. The van der Waals surface area contributed by atoms with E-state index in [1.807, 2.05) is 6.92 Å². The van der Waals surface area contributed by atoms with E-state index in [0.717, 1.165) is 5.76 Å². The van der Waals surface area contributed by atoms with Gasteiger partial charge in [-0.1, -0.05) is 0 Å². The van der Waals surface area contributed by atoms with Crippen LogP contribution < -0.4 is 5.43 Å². The third-order valence-electron chi connectivity index (χ3n) is 2.38. The minimum Gasteiger partial charge on any atom is -0.502 e. The summed E-state index contributed by atoms with van der Waals surface area (Å²) in [4.78, 5) is 10.5. The Hall–Kier alpha value is -2.63. The first-order valence-electron chi connectivity index (χ1n) is 5.43. The predicted molar refractivity (Wildman–Crippen MR) is 64.7 cm³/mol. The highest BCUT2D eigenvalue weighted by Gasteiger charge is 2.21. The molecule has 6 heteroatoms. The van der Waals surface area contributed by atoms with Crippen molar-refractivity contribution in [2.45, 2.75) is 13.8 Å². The van der Waals surface area contributed by atoms with Crippen molar-refractivity contribution in [3.63, 3.8) is 0 Å². The fourth-order valence-electron chi connectivity index (χ4n) is 1.36. The van der Waals surface area contributed by atoms with Gasteiger partial charge in [0.05, 0.1) is 12.5 Å². The lowest BCUT2D eigenvalue weighted by atomic mass is 10.2. The summed E-state index contributed by atoms with van der Waals surface area (Å²) in [5.41, 5.74) is -0.404. The Morgan fingerprint density at radius 3 is 2.79 bits per heavy atom. The van der Waals surface area contributed by atoms with E-state index in [1.54, 1.807) is 12.3 Å². The first-order chi connectivity index (χ1) is 9.09. The van der Waals surface area contributed by atoms with Gasteiger partial charge in [-0.3, -0.25) is 4.79 Å². The zero-order valence-electron chi connectivity index (χ0n) is 10.4. The molecule has 0 bridgehead atoms. The van der Waals surface area contributed by atoms with Crippen LogP contribution in [0.5, 0.6) is 5.75 Å². The molecule has 0 radical (unpaired) electrons. The summed E-state index contributed by atoms with van der Waals surface area (Å²) in [5, 5.41) is 8.80. The number of aromatic hydroxyl groups is 1. The maximum Gasteiger partial charge on any atom is 0.333 e. The van der Waals surface area contributed by atoms with Crippen LogP contribution in [0.3, 0.4) is 0 Å². The van der Waals surface area contributed by atoms with Crippen LogP contribution in [-0.2, 0) is 13.9 Å². The van der Waals surface area contributed by atoms with E-state index >= 15 is 0 Å². The minimum atomic E-state index is -0.404. The maximum absolute atomic E-state index is 10.5. The average Bonchev–Trinajstić information content (AvgIpc) is 2.86. The molecule has 0 saturated carbocycles. The summed E-state index contributed by atoms with van der Waals surface area (Å²) in [6, 6.07) is 1.17. The second-order valence-corrected chi connectivity index (χ2v) is 3.69. The third-order valence-corrected chi connectivity index (χ3v) is 2.38. The fourth-order valence-corrected chi connectivity index (χ4v) is 1.36. The Kier molecular flexibility index (Phi) is 3.61. The highest BCUT2D eigenvalue weighted by molar-refractivity contribution is 6.04. The summed E-state index contributed by atoms with van der Waals surface area (Å²) < 4.78 is 19.7. The van der Waals surface area contributed by atoms with E-state index < -0.39 is 5.43 Å². The van der Waals surface area contributed by atoms with Crippen molar-refractivity contribution in [2.24, 2.45) is 0 Å². The number of allylic oxidation sites excluding steroid dienone is 2. The number of carbonyl (C=O) groups excluding carboxylic acids is 1. The number of hydrogen-bond donors (Lipinski definition) is 1. The van der Waals surface area contributed by atoms with Gasteiger partial charge in [0.15, 0.2) is 5.76 Å². The van der Waals surface area contributed by atoms with Crippen LogP contribution in [0.25, 0.3) is 0 Å². The van der Waals surface area contributed by atoms with Gasteiger partial charge < -0.3 is 23.4 Å². The van der Waals surface area contributed by atoms with Gasteiger partial charge in [0, 0.05) is 6.07 Å². The van der Waals surface area contributed by atoms with E-state index in [2.05, 4.69) is 4.42 Å². The van der Waals surface area contributed by atoms with Crippen LogP contribution in [0.4, 0.5) is 0 Å². The molecule has 3 rings (SSSR count). The molecule has 0 atom stereocenters. The van der Waals surface area contributed by atoms with Crippen molar-refractivity contribution in [3.05, 3.63) is 59.0 Å². The van der Waals surface area contributed by atoms with Crippen molar-refractivity contribution in [3.8, 4) is 5.75 Å². The molecule has 2 aliphatic rings. The zero-order chi connectivity index (χ0) is 13.8. The van der Waals surface area contributed by atoms with Gasteiger partial charge >= 0.3 is 6.79 Å². The second kappa shape index (κ2) is 5.34. The standard InChI is InChI=1S/C7H6O3.C6H6O3/c1-5-7-6(2-3-8-5)9-4-10-7;1-4-6(8)5(7)2-3-9-4/h2-4H,1H3;2-3,8H,1H3. The van der Waals surface area contributed by atoms with Crippen molar-refractivity contribution in [1.29, 1.82) is 0 Å². The molecule has 0 amide bonds. The molecule has 6 nitrogen and oxygen atoms in total. The number of ketones is 1. The highest BCUT2D eigenvalue weighted by atomic mass is 16.7. The molecule has 0 spiro atoms. The smallest absolute Gasteiger partial charge is 0.333 e. The van der Waals surface area contributed by atoms with Crippen LogP contribution in [0, 0.1) is 13.7 Å². The molecule has 2 aliphatic heterocycles. The fraction of sp³-hybridized carbons (Fsp3) is 0.154. The summed E-state index contributed by atoms with van der Waals surface area (Å²) >= 11 is 0. The summed E-state index contributed by atoms with van der Waals surface area (Å²) in [5.74, 6) is 2.05. The van der Waals surface area contributed by atoms with Crippen LogP contribution >= 0.6 is 0 Å². The van der Waals surface area contributed by atoms with Gasteiger partial charge in [-0.05, 0) is 19.9 Å². The minimum absolute atomic E-state index is 0.252. The van der Waals surface area contributed by atoms with E-state index in [-0.39, 0.29) is 11.5 Å². The van der Waals surface area contributed by atoms with E-state index in [9.17, 15) is 4.79 Å². The molecule has 1 N–H and O–H groups in total. The average molecular weight is 264 g/mol. The van der Waals surface area contributed by atoms with E-state index in [4.69, 9.17) is 19.0 Å². The third kappa shape index (κ3) is 2.79. The second-order valence-electron chi connectivity index (χ2n) is 3.69. The number of fused-ring (bicyclic) bond motifs is 1. The number of hydrogen-bond acceptors (Lipinski definition) is 5. The molecular weight excluding hydrogens is 252 g/mol. The van der Waals surface area contributed by atoms with Crippen LogP contribution in [-0.4, -0.2) is 10.9 Å². The molecule has 19 heavy (non-hydrogen) atoms. The summed E-state index contributed by atoms with van der Waals surface area (Å²) in [6.45, 7) is 4.63. The van der Waals surface area contributed by atoms with E-state index in [1.165, 1.54) is 26.0 Å². The van der Waals surface area contributed by atoms with Gasteiger partial charge in [0.1, 0.15) is 11.5 Å². The van der Waals surface area contributed by atoms with Gasteiger partial charge in [-0.25, -0.2) is 0 Å². The highest BCUT2D eigenvalue weighted by Crippen LogP contribution is 2.19. The van der Waals surface area contributed by atoms with Gasteiger partial charge in [-0.2, -0.15) is 0 Å². The molecule has 0 fully saturated rings. The van der Waals surface area contributed by atoms with Gasteiger partial charge in [-0.15, -0.1) is 0 Å². The summed E-state index contributed by atoms with van der Waals surface area (Å²) in [7, 11) is 0. The maximum atomic E-state index is 10.5. The molecule has 0 aliphatic carbocycles. The molecule has 1 aromatic heterocycles. The lowest BCUT2D eigenvalue weighted by Gasteiger charge is -2.08. The Balaban J connectivity index is 0.000000141. The summed E-state index contributed by atoms with van der Waals surface area (Å²) in [6.07, 6.45) is 4.53. The number of aryl methyl sites for hydroxylation is 1. The topological polar surface area (TPSA) is 80.2 Å². The predicted octanol–water partition coefficient (Wildman–Crippen LogP) is 1.67. The number of ether oxygens (including phenoxy) is 2. The van der Waals surface area contributed by atoms with Crippen molar-refractivity contribution >= 4 is 5.78 Å². The molecule has 100 valence electrons. The van der Waals surface area contributed by atoms with Crippen LogP contribution in [0.15, 0.2) is 45.4 Å². The lowest BCUT2D eigenvalue weighted by molar-refractivity contribution is -0.430. The monoisotopic (exact) mass is 264 g/mol. The molecule has 0 saturated heterocycles.